The first-order chi connectivity index (χ1) is 7.57. The Morgan fingerprint density at radius 2 is 1.94 bits per heavy atom. The SMILES string of the molecule is CS(=O)(=O)Cc1ccc(O)c(SC(F)(F)F)c1. The van der Waals surface area contributed by atoms with Crippen LogP contribution in [0.3, 0.4) is 0 Å². The molecule has 8 heteroatoms. The van der Waals surface area contributed by atoms with Gasteiger partial charge in [0.15, 0.2) is 9.84 Å². The van der Waals surface area contributed by atoms with Crippen molar-refractivity contribution in [1.29, 1.82) is 0 Å². The normalized spacial score (nSPS) is 12.7. The number of phenolic OH excluding ortho intramolecular Hbond substituents is 1. The molecule has 1 aromatic rings. The van der Waals surface area contributed by atoms with Crippen molar-refractivity contribution >= 4 is 21.6 Å². The highest BCUT2D eigenvalue weighted by molar-refractivity contribution is 8.00. The van der Waals surface area contributed by atoms with Crippen molar-refractivity contribution in [2.45, 2.75) is 16.2 Å². The molecule has 0 aliphatic rings. The van der Waals surface area contributed by atoms with Gasteiger partial charge in [0.05, 0.1) is 10.6 Å². The van der Waals surface area contributed by atoms with Crippen LogP contribution in [0.4, 0.5) is 13.2 Å². The fourth-order valence-corrected chi connectivity index (χ4v) is 2.57. The summed E-state index contributed by atoms with van der Waals surface area (Å²) in [5.41, 5.74) is -4.32. The number of rotatable bonds is 3. The highest BCUT2D eigenvalue weighted by Crippen LogP contribution is 2.41. The molecule has 17 heavy (non-hydrogen) atoms. The van der Waals surface area contributed by atoms with Crippen molar-refractivity contribution in [3.05, 3.63) is 23.8 Å². The molecule has 0 bridgehead atoms. The van der Waals surface area contributed by atoms with Crippen LogP contribution in [0, 0.1) is 0 Å². The highest BCUT2D eigenvalue weighted by atomic mass is 32.2. The number of alkyl halides is 3. The highest BCUT2D eigenvalue weighted by Gasteiger charge is 2.30. The zero-order valence-electron chi connectivity index (χ0n) is 8.65. The summed E-state index contributed by atoms with van der Waals surface area (Å²) in [5.74, 6) is -0.886. The van der Waals surface area contributed by atoms with E-state index in [0.29, 0.717) is 0 Å². The molecule has 1 aromatic carbocycles. The van der Waals surface area contributed by atoms with E-state index in [0.717, 1.165) is 18.4 Å². The van der Waals surface area contributed by atoms with Crippen LogP contribution in [-0.2, 0) is 15.6 Å². The molecule has 0 aliphatic carbocycles. The third kappa shape index (κ3) is 5.31. The molecule has 1 N–H and O–H groups in total. The van der Waals surface area contributed by atoms with Crippen LogP contribution in [0.15, 0.2) is 23.1 Å². The monoisotopic (exact) mass is 286 g/mol. The second-order valence-corrected chi connectivity index (χ2v) is 6.67. The predicted octanol–water partition coefficient (Wildman–Crippen LogP) is 2.55. The van der Waals surface area contributed by atoms with Crippen molar-refractivity contribution in [2.24, 2.45) is 0 Å². The molecule has 0 heterocycles. The van der Waals surface area contributed by atoms with E-state index >= 15 is 0 Å². The Bertz CT molecular complexity index is 509. The van der Waals surface area contributed by atoms with Gasteiger partial charge in [-0.1, -0.05) is 6.07 Å². The van der Waals surface area contributed by atoms with Gasteiger partial charge in [-0.3, -0.25) is 0 Å². The van der Waals surface area contributed by atoms with Crippen molar-refractivity contribution < 1.29 is 26.7 Å². The van der Waals surface area contributed by atoms with Gasteiger partial charge in [-0.15, -0.1) is 0 Å². The van der Waals surface area contributed by atoms with Crippen LogP contribution >= 0.6 is 11.8 Å². The van der Waals surface area contributed by atoms with Gasteiger partial charge in [-0.25, -0.2) is 8.42 Å². The third-order valence-electron chi connectivity index (χ3n) is 1.68. The summed E-state index contributed by atoms with van der Waals surface area (Å²) >= 11 is -0.477. The second-order valence-electron chi connectivity index (χ2n) is 3.42. The van der Waals surface area contributed by atoms with Crippen molar-refractivity contribution in [3.8, 4) is 5.75 Å². The second kappa shape index (κ2) is 4.77. The quantitative estimate of drug-likeness (QED) is 0.868. The number of hydrogen-bond donors (Lipinski definition) is 1. The van der Waals surface area contributed by atoms with Crippen molar-refractivity contribution in [3.63, 3.8) is 0 Å². The van der Waals surface area contributed by atoms with Crippen LogP contribution in [0.5, 0.6) is 5.75 Å². The number of aromatic hydroxyl groups is 1. The first kappa shape index (κ1) is 14.2. The number of halogens is 3. The minimum atomic E-state index is -4.53. The summed E-state index contributed by atoms with van der Waals surface area (Å²) in [6.07, 6.45) is 0.983. The van der Waals surface area contributed by atoms with E-state index in [9.17, 15) is 26.7 Å². The van der Waals surface area contributed by atoms with Crippen molar-refractivity contribution in [2.75, 3.05) is 6.26 Å². The Balaban J connectivity index is 3.03. The van der Waals surface area contributed by atoms with E-state index in [1.165, 1.54) is 6.07 Å². The molecule has 0 fully saturated rings. The largest absolute Gasteiger partial charge is 0.507 e. The van der Waals surface area contributed by atoms with Gasteiger partial charge >= 0.3 is 5.51 Å². The maximum absolute atomic E-state index is 12.1. The lowest BCUT2D eigenvalue weighted by molar-refractivity contribution is -0.0329. The summed E-state index contributed by atoms with van der Waals surface area (Å²) in [6.45, 7) is 0. The molecule has 0 amide bonds. The molecular formula is C9H9F3O3S2. The average Bonchev–Trinajstić information content (AvgIpc) is 2.05. The van der Waals surface area contributed by atoms with E-state index in [1.54, 1.807) is 0 Å². The zero-order chi connectivity index (χ0) is 13.3. The molecule has 0 aliphatic heterocycles. The molecule has 0 saturated carbocycles. The average molecular weight is 286 g/mol. The molecule has 0 saturated heterocycles. The number of benzene rings is 1. The van der Waals surface area contributed by atoms with Crippen molar-refractivity contribution in [1.82, 2.24) is 0 Å². The summed E-state index contributed by atoms with van der Waals surface area (Å²) in [6, 6.07) is 3.35. The fourth-order valence-electron chi connectivity index (χ4n) is 1.16. The Hall–Kier alpha value is -0.890. The molecule has 0 aromatic heterocycles. The predicted molar refractivity (Wildman–Crippen MR) is 58.6 cm³/mol. The van der Waals surface area contributed by atoms with E-state index in [1.807, 2.05) is 0 Å². The van der Waals surface area contributed by atoms with Gasteiger partial charge in [0.1, 0.15) is 5.75 Å². The summed E-state index contributed by atoms with van der Waals surface area (Å²) in [7, 11) is -3.32. The Labute approximate surface area is 101 Å². The Morgan fingerprint density at radius 3 is 2.41 bits per heavy atom. The number of thioether (sulfide) groups is 1. The van der Waals surface area contributed by atoms with E-state index in [-0.39, 0.29) is 11.3 Å². The Kier molecular flexibility index (Phi) is 3.98. The lowest BCUT2D eigenvalue weighted by Crippen LogP contribution is -2.02. The standard InChI is InChI=1S/C9H9F3O3S2/c1-17(14,15)5-6-2-3-7(13)8(4-6)16-9(10,11)12/h2-4,13H,5H2,1H3. The lowest BCUT2D eigenvalue weighted by Gasteiger charge is -2.09. The first-order valence-electron chi connectivity index (χ1n) is 4.32. The molecule has 3 nitrogen and oxygen atoms in total. The number of phenols is 1. The molecule has 0 atom stereocenters. The summed E-state index contributed by atoms with van der Waals surface area (Å²) in [5, 5.41) is 9.23. The number of hydrogen-bond acceptors (Lipinski definition) is 4. The third-order valence-corrected chi connectivity index (χ3v) is 3.31. The molecule has 0 radical (unpaired) electrons. The summed E-state index contributed by atoms with van der Waals surface area (Å²) < 4.78 is 58.4. The van der Waals surface area contributed by atoms with E-state index < -0.39 is 37.8 Å². The number of sulfone groups is 1. The Morgan fingerprint density at radius 1 is 1.35 bits per heavy atom. The minimum Gasteiger partial charge on any atom is -0.507 e. The van der Waals surface area contributed by atoms with Crippen LogP contribution in [0.25, 0.3) is 0 Å². The molecule has 1 rings (SSSR count). The maximum Gasteiger partial charge on any atom is 0.446 e. The molecule has 96 valence electrons. The van der Waals surface area contributed by atoms with Crippen LogP contribution in [-0.4, -0.2) is 25.3 Å². The molecule has 0 unspecified atom stereocenters. The van der Waals surface area contributed by atoms with Gasteiger partial charge in [0.2, 0.25) is 0 Å². The zero-order valence-corrected chi connectivity index (χ0v) is 10.3. The van der Waals surface area contributed by atoms with Gasteiger partial charge in [0, 0.05) is 6.26 Å². The minimum absolute atomic E-state index is 0.206. The van der Waals surface area contributed by atoms with Crippen LogP contribution < -0.4 is 0 Å². The van der Waals surface area contributed by atoms with Gasteiger partial charge in [0.25, 0.3) is 0 Å². The van der Waals surface area contributed by atoms with E-state index in [4.69, 9.17) is 0 Å². The lowest BCUT2D eigenvalue weighted by atomic mass is 10.2. The van der Waals surface area contributed by atoms with Gasteiger partial charge in [-0.2, -0.15) is 13.2 Å². The smallest absolute Gasteiger partial charge is 0.446 e. The van der Waals surface area contributed by atoms with Gasteiger partial charge < -0.3 is 5.11 Å². The molecular weight excluding hydrogens is 277 g/mol. The topological polar surface area (TPSA) is 54.4 Å². The molecule has 0 spiro atoms. The maximum atomic E-state index is 12.1. The van der Waals surface area contributed by atoms with Crippen LogP contribution in [0.1, 0.15) is 5.56 Å². The van der Waals surface area contributed by atoms with E-state index in [2.05, 4.69) is 0 Å². The van der Waals surface area contributed by atoms with Gasteiger partial charge in [-0.05, 0) is 29.5 Å². The summed E-state index contributed by atoms with van der Waals surface area (Å²) in [4.78, 5) is -0.404. The fraction of sp³-hybridized carbons (Fsp3) is 0.333. The van der Waals surface area contributed by atoms with Crippen LogP contribution in [0.2, 0.25) is 0 Å². The first-order valence-corrected chi connectivity index (χ1v) is 7.20.